The van der Waals surface area contributed by atoms with Gasteiger partial charge >= 0.3 is 0 Å². The summed E-state index contributed by atoms with van der Waals surface area (Å²) in [6, 6.07) is 6.91. The second kappa shape index (κ2) is 5.92. The van der Waals surface area contributed by atoms with Crippen molar-refractivity contribution < 1.29 is 29.1 Å². The first-order valence-corrected chi connectivity index (χ1v) is 8.96. The Hall–Kier alpha value is -2.67. The summed E-state index contributed by atoms with van der Waals surface area (Å²) in [4.78, 5) is 62.7. The van der Waals surface area contributed by atoms with Crippen molar-refractivity contribution in [3.63, 3.8) is 0 Å². The van der Waals surface area contributed by atoms with E-state index in [2.05, 4.69) is 0 Å². The van der Waals surface area contributed by atoms with Crippen molar-refractivity contribution in [1.82, 2.24) is 0 Å². The molecule has 3 N–H and O–H groups in total. The van der Waals surface area contributed by atoms with Crippen LogP contribution in [0.25, 0.3) is 0 Å². The molecule has 0 bridgehead atoms. The van der Waals surface area contributed by atoms with Gasteiger partial charge in [0.05, 0.1) is 17.9 Å². The Balaban J connectivity index is 1.82. The average Bonchev–Trinajstić information content (AvgIpc) is 2.62. The van der Waals surface area contributed by atoms with Crippen LogP contribution < -0.4 is 5.73 Å². The number of rotatable bonds is 1. The van der Waals surface area contributed by atoms with Gasteiger partial charge < -0.3 is 10.8 Å². The first kappa shape index (κ1) is 17.7. The van der Waals surface area contributed by atoms with Crippen LogP contribution in [-0.2, 0) is 19.2 Å². The molecule has 1 aromatic carbocycles. The van der Waals surface area contributed by atoms with Gasteiger partial charge in [-0.3, -0.25) is 24.0 Å². The lowest BCUT2D eigenvalue weighted by atomic mass is 9.52. The molecule has 7 atom stereocenters. The van der Waals surface area contributed by atoms with E-state index in [1.807, 2.05) is 6.92 Å². The zero-order valence-corrected chi connectivity index (χ0v) is 14.6. The highest BCUT2D eigenvalue weighted by molar-refractivity contribution is 6.27. The molecule has 7 unspecified atom stereocenters. The number of ketones is 4. The maximum Gasteiger partial charge on any atom is 0.235 e. The smallest absolute Gasteiger partial charge is 0.235 e. The van der Waals surface area contributed by atoms with E-state index in [1.54, 1.807) is 24.3 Å². The van der Waals surface area contributed by atoms with Crippen LogP contribution in [0.15, 0.2) is 24.3 Å². The minimum atomic E-state index is -1.68. The van der Waals surface area contributed by atoms with Crippen LogP contribution in [0.4, 0.5) is 0 Å². The first-order valence-electron chi connectivity index (χ1n) is 8.96. The van der Waals surface area contributed by atoms with E-state index in [1.165, 1.54) is 0 Å². The lowest BCUT2D eigenvalue weighted by Gasteiger charge is -2.49. The lowest BCUT2D eigenvalue weighted by molar-refractivity contribution is -0.160. The van der Waals surface area contributed by atoms with Gasteiger partial charge in [-0.05, 0) is 11.5 Å². The van der Waals surface area contributed by atoms with Crippen LogP contribution in [0.5, 0.6) is 0 Å². The fraction of sp³-hybridized carbons (Fsp3) is 0.450. The van der Waals surface area contributed by atoms with Gasteiger partial charge in [0.15, 0.2) is 29.1 Å². The molecule has 7 nitrogen and oxygen atoms in total. The largest absolute Gasteiger partial charge is 0.392 e. The zero-order chi connectivity index (χ0) is 19.6. The first-order chi connectivity index (χ1) is 12.8. The minimum absolute atomic E-state index is 0.275. The highest BCUT2D eigenvalue weighted by atomic mass is 16.3. The number of aliphatic hydroxyl groups is 1. The molecular weight excluding hydrogens is 350 g/mol. The number of hydrogen-bond acceptors (Lipinski definition) is 6. The maximum absolute atomic E-state index is 13.2. The van der Waals surface area contributed by atoms with Crippen LogP contribution in [-0.4, -0.2) is 40.3 Å². The standard InChI is InChI=1S/C20H19NO6/c1-7-8-4-2-3-5-9(8)16(23)15-12(7)17(24)10-6-11(22)14(20(21)27)18(25)13(10)19(15)26/h2-5,7,10,12-15,17,24H,6H2,1H3,(H2,21,27). The molecule has 0 radical (unpaired) electrons. The van der Waals surface area contributed by atoms with Crippen molar-refractivity contribution >= 4 is 29.0 Å². The molecule has 7 heteroatoms. The van der Waals surface area contributed by atoms with E-state index < -0.39 is 64.7 Å². The van der Waals surface area contributed by atoms with Crippen LogP contribution >= 0.6 is 0 Å². The monoisotopic (exact) mass is 369 g/mol. The maximum atomic E-state index is 13.2. The molecule has 3 aliphatic rings. The van der Waals surface area contributed by atoms with Gasteiger partial charge in [-0.1, -0.05) is 31.2 Å². The Morgan fingerprint density at radius 2 is 1.74 bits per heavy atom. The zero-order valence-electron chi connectivity index (χ0n) is 14.6. The van der Waals surface area contributed by atoms with Crippen LogP contribution in [0, 0.1) is 29.6 Å². The summed E-state index contributed by atoms with van der Waals surface area (Å²) in [5, 5.41) is 11.0. The molecule has 140 valence electrons. The number of Topliss-reactive ketones (excluding diaryl/α,β-unsaturated/α-hetero) is 4. The minimum Gasteiger partial charge on any atom is -0.392 e. The molecular formula is C20H19NO6. The third kappa shape index (κ3) is 2.27. The fourth-order valence-electron chi connectivity index (χ4n) is 5.23. The summed E-state index contributed by atoms with van der Waals surface area (Å²) in [5.41, 5.74) is 6.33. The molecule has 0 saturated heterocycles. The van der Waals surface area contributed by atoms with Gasteiger partial charge in [0.2, 0.25) is 5.91 Å². The summed E-state index contributed by atoms with van der Waals surface area (Å²) in [6.07, 6.45) is -1.45. The van der Waals surface area contributed by atoms with Crippen molar-refractivity contribution in [3.8, 4) is 0 Å². The summed E-state index contributed by atoms with van der Waals surface area (Å²) in [5.74, 6) is -9.77. The number of fused-ring (bicyclic) bond motifs is 3. The Morgan fingerprint density at radius 3 is 2.41 bits per heavy atom. The van der Waals surface area contributed by atoms with E-state index >= 15 is 0 Å². The highest BCUT2D eigenvalue weighted by Gasteiger charge is 2.61. The Morgan fingerprint density at radius 1 is 1.07 bits per heavy atom. The van der Waals surface area contributed by atoms with E-state index in [9.17, 15) is 29.1 Å². The topological polar surface area (TPSA) is 132 Å². The molecule has 0 aromatic heterocycles. The van der Waals surface area contributed by atoms with Crippen LogP contribution in [0.3, 0.4) is 0 Å². The molecule has 2 fully saturated rings. The van der Waals surface area contributed by atoms with Crippen molar-refractivity contribution in [2.75, 3.05) is 0 Å². The van der Waals surface area contributed by atoms with Gasteiger partial charge in [-0.2, -0.15) is 0 Å². The number of aliphatic hydroxyl groups excluding tert-OH is 1. The molecule has 0 aliphatic heterocycles. The number of primary amides is 1. The number of carbonyl (C=O) groups is 5. The van der Waals surface area contributed by atoms with E-state index in [4.69, 9.17) is 5.73 Å². The molecule has 1 aromatic rings. The Labute approximate surface area is 154 Å². The number of benzene rings is 1. The summed E-state index contributed by atoms with van der Waals surface area (Å²) in [6.45, 7) is 1.83. The molecule has 4 rings (SSSR count). The van der Waals surface area contributed by atoms with Crippen LogP contribution in [0.1, 0.15) is 35.2 Å². The van der Waals surface area contributed by atoms with Gasteiger partial charge in [0.1, 0.15) is 0 Å². The average molecular weight is 369 g/mol. The molecule has 27 heavy (non-hydrogen) atoms. The van der Waals surface area contributed by atoms with Crippen molar-refractivity contribution in [2.24, 2.45) is 35.3 Å². The van der Waals surface area contributed by atoms with E-state index in [0.717, 1.165) is 5.56 Å². The predicted octanol–water partition coefficient (Wildman–Crippen LogP) is 0.0382. The quantitative estimate of drug-likeness (QED) is 0.672. The number of amides is 1. The summed E-state index contributed by atoms with van der Waals surface area (Å²) >= 11 is 0. The number of nitrogens with two attached hydrogens (primary N) is 1. The second-order valence-corrected chi connectivity index (χ2v) is 7.74. The molecule has 0 spiro atoms. The van der Waals surface area contributed by atoms with Gasteiger partial charge in [0.25, 0.3) is 0 Å². The normalized spacial score (nSPS) is 38.1. The highest BCUT2D eigenvalue weighted by Crippen LogP contribution is 2.51. The predicted molar refractivity (Wildman–Crippen MR) is 91.5 cm³/mol. The van der Waals surface area contributed by atoms with Gasteiger partial charge in [-0.15, -0.1) is 0 Å². The molecule has 1 amide bonds. The fourth-order valence-corrected chi connectivity index (χ4v) is 5.23. The van der Waals surface area contributed by atoms with Gasteiger partial charge in [0, 0.05) is 23.8 Å². The van der Waals surface area contributed by atoms with Crippen molar-refractivity contribution in [2.45, 2.75) is 25.4 Å². The summed E-state index contributed by atoms with van der Waals surface area (Å²) < 4.78 is 0. The van der Waals surface area contributed by atoms with E-state index in [0.29, 0.717) is 5.56 Å². The van der Waals surface area contributed by atoms with Crippen molar-refractivity contribution in [3.05, 3.63) is 35.4 Å². The van der Waals surface area contributed by atoms with Crippen LogP contribution in [0.2, 0.25) is 0 Å². The molecule has 3 aliphatic carbocycles. The lowest BCUT2D eigenvalue weighted by Crippen LogP contribution is -2.62. The SMILES string of the molecule is CC1c2ccccc2C(=O)C2C(=O)C3C(=O)C(C(N)=O)C(=O)CC3C(O)C21. The molecule has 2 saturated carbocycles. The second-order valence-electron chi connectivity index (χ2n) is 7.74. The molecule has 0 heterocycles. The number of hydrogen-bond donors (Lipinski definition) is 2. The third-order valence-electron chi connectivity index (χ3n) is 6.47. The third-order valence-corrected chi connectivity index (χ3v) is 6.47. The summed E-state index contributed by atoms with van der Waals surface area (Å²) in [7, 11) is 0. The Bertz CT molecular complexity index is 905. The van der Waals surface area contributed by atoms with Crippen molar-refractivity contribution in [1.29, 1.82) is 0 Å². The number of carbonyl (C=O) groups excluding carboxylic acids is 5. The van der Waals surface area contributed by atoms with E-state index in [-0.39, 0.29) is 12.3 Å². The Kier molecular flexibility index (Phi) is 3.89. The van der Waals surface area contributed by atoms with Gasteiger partial charge in [-0.25, -0.2) is 0 Å².